The molecular formula is C23H28F3NO3S3. The van der Waals surface area contributed by atoms with E-state index < -0.39 is 15.6 Å². The Morgan fingerprint density at radius 3 is 2.45 bits per heavy atom. The van der Waals surface area contributed by atoms with E-state index in [-0.39, 0.29) is 11.2 Å². The predicted octanol–water partition coefficient (Wildman–Crippen LogP) is 7.47. The molecule has 0 N–H and O–H groups in total. The number of alkyl halides is 3. The molecule has 1 unspecified atom stereocenters. The van der Waals surface area contributed by atoms with Crippen LogP contribution in [-0.4, -0.2) is 32.5 Å². The van der Waals surface area contributed by atoms with Crippen LogP contribution < -0.4 is 9.08 Å². The Morgan fingerprint density at radius 2 is 1.88 bits per heavy atom. The van der Waals surface area contributed by atoms with Gasteiger partial charge in [-0.2, -0.15) is 21.6 Å². The van der Waals surface area contributed by atoms with E-state index >= 15 is 0 Å². The van der Waals surface area contributed by atoms with Crippen LogP contribution in [0.5, 0.6) is 5.75 Å². The molecular weight excluding hydrogens is 491 g/mol. The van der Waals surface area contributed by atoms with Gasteiger partial charge in [-0.1, -0.05) is 44.9 Å². The van der Waals surface area contributed by atoms with Crippen molar-refractivity contribution in [2.75, 3.05) is 23.5 Å². The van der Waals surface area contributed by atoms with Crippen LogP contribution in [0.4, 0.5) is 24.5 Å². The molecule has 0 saturated heterocycles. The van der Waals surface area contributed by atoms with E-state index in [0.717, 1.165) is 61.1 Å². The Labute approximate surface area is 202 Å². The van der Waals surface area contributed by atoms with Gasteiger partial charge in [0.05, 0.1) is 10.6 Å². The average Bonchev–Trinajstić information content (AvgIpc) is 2.94. The molecule has 0 amide bonds. The highest BCUT2D eigenvalue weighted by Crippen LogP contribution is 2.49. The van der Waals surface area contributed by atoms with Crippen molar-refractivity contribution in [2.45, 2.75) is 54.8 Å². The summed E-state index contributed by atoms with van der Waals surface area (Å²) < 4.78 is 66.9. The molecule has 1 atom stereocenters. The minimum Gasteiger partial charge on any atom is -0.375 e. The van der Waals surface area contributed by atoms with Crippen LogP contribution in [0.2, 0.25) is 0 Å². The zero-order valence-electron chi connectivity index (χ0n) is 18.8. The van der Waals surface area contributed by atoms with Gasteiger partial charge in [0.25, 0.3) is 0 Å². The van der Waals surface area contributed by atoms with E-state index in [1.54, 1.807) is 24.1 Å². The third-order valence-electron chi connectivity index (χ3n) is 5.92. The van der Waals surface area contributed by atoms with Gasteiger partial charge in [0.2, 0.25) is 0 Å². The van der Waals surface area contributed by atoms with Crippen molar-refractivity contribution < 1.29 is 25.8 Å². The van der Waals surface area contributed by atoms with E-state index in [2.05, 4.69) is 22.9 Å². The summed E-state index contributed by atoms with van der Waals surface area (Å²) in [6.07, 6.45) is 5.84. The molecule has 0 saturated carbocycles. The molecule has 0 aromatic heterocycles. The molecule has 2 aromatic carbocycles. The number of para-hydroxylation sites is 1. The first-order valence-corrected chi connectivity index (χ1v) is 14.4. The number of fused-ring (bicyclic) bond motifs is 1. The Morgan fingerprint density at radius 1 is 1.18 bits per heavy atom. The van der Waals surface area contributed by atoms with Crippen molar-refractivity contribution in [3.05, 3.63) is 42.5 Å². The summed E-state index contributed by atoms with van der Waals surface area (Å²) in [6.45, 7) is 5.10. The monoisotopic (exact) mass is 519 g/mol. The first kappa shape index (κ1) is 26.1. The van der Waals surface area contributed by atoms with Gasteiger partial charge in [-0.05, 0) is 48.8 Å². The van der Waals surface area contributed by atoms with Crippen molar-refractivity contribution in [2.24, 2.45) is 5.41 Å². The summed E-state index contributed by atoms with van der Waals surface area (Å²) >= 11 is 2.70. The molecule has 0 aliphatic carbocycles. The maximum absolute atomic E-state index is 13.0. The molecule has 33 heavy (non-hydrogen) atoms. The molecule has 0 bridgehead atoms. The summed E-state index contributed by atoms with van der Waals surface area (Å²) in [6, 6.07) is 13.1. The zero-order valence-corrected chi connectivity index (χ0v) is 21.3. The third-order valence-corrected chi connectivity index (χ3v) is 9.04. The lowest BCUT2D eigenvalue weighted by Crippen LogP contribution is -2.36. The third kappa shape index (κ3) is 5.77. The molecule has 0 spiro atoms. The maximum atomic E-state index is 13.0. The number of unbranched alkanes of at least 4 members (excludes halogenated alkanes) is 1. The van der Waals surface area contributed by atoms with Gasteiger partial charge in [0, 0.05) is 22.9 Å². The van der Waals surface area contributed by atoms with Gasteiger partial charge in [0.1, 0.15) is 0 Å². The molecule has 1 aliphatic heterocycles. The molecule has 182 valence electrons. The highest BCUT2D eigenvalue weighted by Gasteiger charge is 2.49. The largest absolute Gasteiger partial charge is 0.534 e. The average molecular weight is 520 g/mol. The van der Waals surface area contributed by atoms with E-state index in [1.807, 2.05) is 30.3 Å². The van der Waals surface area contributed by atoms with Gasteiger partial charge >= 0.3 is 15.6 Å². The number of hydrogen-bond acceptors (Lipinski definition) is 6. The summed E-state index contributed by atoms with van der Waals surface area (Å²) in [5.41, 5.74) is -3.65. The van der Waals surface area contributed by atoms with E-state index in [4.69, 9.17) is 0 Å². The fraction of sp³-hybridized carbons (Fsp3) is 0.478. The van der Waals surface area contributed by atoms with Crippen LogP contribution in [0.25, 0.3) is 0 Å². The van der Waals surface area contributed by atoms with E-state index in [1.165, 1.54) is 6.07 Å². The number of halogens is 3. The smallest absolute Gasteiger partial charge is 0.375 e. The molecule has 2 aromatic rings. The normalized spacial score (nSPS) is 19.2. The van der Waals surface area contributed by atoms with Gasteiger partial charge < -0.3 is 9.08 Å². The molecule has 10 heteroatoms. The van der Waals surface area contributed by atoms with Crippen molar-refractivity contribution in [1.82, 2.24) is 0 Å². The Hall–Kier alpha value is -1.52. The van der Waals surface area contributed by atoms with Crippen molar-refractivity contribution in [1.29, 1.82) is 0 Å². The van der Waals surface area contributed by atoms with Crippen LogP contribution in [-0.2, 0) is 10.1 Å². The van der Waals surface area contributed by atoms with Crippen LogP contribution in [0.1, 0.15) is 39.5 Å². The molecule has 4 nitrogen and oxygen atoms in total. The van der Waals surface area contributed by atoms with Gasteiger partial charge in [-0.3, -0.25) is 0 Å². The number of thioether (sulfide) groups is 2. The topological polar surface area (TPSA) is 46.6 Å². The van der Waals surface area contributed by atoms with Crippen LogP contribution in [0.15, 0.2) is 52.3 Å². The first-order valence-electron chi connectivity index (χ1n) is 10.7. The number of nitrogens with zero attached hydrogens (tertiary/aromatic N) is 1. The zero-order chi connectivity index (χ0) is 24.3. The number of hydrogen-bond donors (Lipinski definition) is 0. The lowest BCUT2D eigenvalue weighted by molar-refractivity contribution is -0.0500. The fourth-order valence-electron chi connectivity index (χ4n) is 3.88. The SMILES string of the molecule is CCCCC1(CC)CSc2cc(OS(=O)(=O)C(F)(F)F)c(SC)cc2N(c2ccccc2)C1. The molecule has 3 rings (SSSR count). The van der Waals surface area contributed by atoms with Crippen molar-refractivity contribution >= 4 is 45.0 Å². The standard InChI is InChI=1S/C23H28F3NO3S3/c1-4-6-12-22(5-2)15-27(17-10-8-7-9-11-17)18-13-21(31-3)19(14-20(18)32-16-22)30-33(28,29)23(24,25)26/h7-11,13-14H,4-6,12,15-16H2,1-3H3. The highest BCUT2D eigenvalue weighted by atomic mass is 32.2. The van der Waals surface area contributed by atoms with Gasteiger partial charge in [-0.15, -0.1) is 23.5 Å². The van der Waals surface area contributed by atoms with Crippen molar-refractivity contribution in [3.63, 3.8) is 0 Å². The summed E-state index contributed by atoms with van der Waals surface area (Å²) in [5.74, 6) is 0.487. The van der Waals surface area contributed by atoms with Crippen molar-refractivity contribution in [3.8, 4) is 5.75 Å². The minimum atomic E-state index is -5.76. The molecule has 1 heterocycles. The van der Waals surface area contributed by atoms with Crippen LogP contribution in [0, 0.1) is 5.41 Å². The Kier molecular flexibility index (Phi) is 8.22. The number of anilines is 2. The molecule has 1 aliphatic rings. The molecule has 0 fully saturated rings. The van der Waals surface area contributed by atoms with Crippen LogP contribution >= 0.6 is 23.5 Å². The quantitative estimate of drug-likeness (QED) is 0.205. The van der Waals surface area contributed by atoms with Gasteiger partial charge in [0.15, 0.2) is 5.75 Å². The van der Waals surface area contributed by atoms with E-state index in [0.29, 0.717) is 9.79 Å². The minimum absolute atomic E-state index is 0.00806. The second-order valence-electron chi connectivity index (χ2n) is 8.12. The first-order chi connectivity index (χ1) is 15.6. The number of rotatable bonds is 8. The Bertz CT molecular complexity index is 1060. The lowest BCUT2D eigenvalue weighted by Gasteiger charge is -2.37. The summed E-state index contributed by atoms with van der Waals surface area (Å²) in [4.78, 5) is 3.24. The highest BCUT2D eigenvalue weighted by molar-refractivity contribution is 7.99. The number of benzene rings is 2. The van der Waals surface area contributed by atoms with Gasteiger partial charge in [-0.25, -0.2) is 0 Å². The van der Waals surface area contributed by atoms with Crippen LogP contribution in [0.3, 0.4) is 0 Å². The fourth-order valence-corrected chi connectivity index (χ4v) is 6.34. The van der Waals surface area contributed by atoms with E-state index in [9.17, 15) is 21.6 Å². The Balaban J connectivity index is 2.13. The summed E-state index contributed by atoms with van der Waals surface area (Å²) in [5, 5.41) is 0. The lowest BCUT2D eigenvalue weighted by atomic mass is 9.81. The second kappa shape index (κ2) is 10.4. The predicted molar refractivity (Wildman–Crippen MR) is 130 cm³/mol. The maximum Gasteiger partial charge on any atom is 0.534 e. The molecule has 0 radical (unpaired) electrons. The second-order valence-corrected chi connectivity index (χ2v) is 11.5. The summed E-state index contributed by atoms with van der Waals surface area (Å²) in [7, 11) is -5.76.